The first-order chi connectivity index (χ1) is 12.9. The number of carbonyl (C=O) groups excluding carboxylic acids is 2. The second-order valence-corrected chi connectivity index (χ2v) is 7.37. The highest BCUT2D eigenvalue weighted by atomic mass is 19.1. The van der Waals surface area contributed by atoms with Crippen molar-refractivity contribution in [2.24, 2.45) is 5.92 Å². The fourth-order valence-electron chi connectivity index (χ4n) is 3.37. The molecule has 1 unspecified atom stereocenters. The molecule has 0 aromatic heterocycles. The number of anilines is 1. The molecule has 1 fully saturated rings. The van der Waals surface area contributed by atoms with Crippen LogP contribution >= 0.6 is 0 Å². The van der Waals surface area contributed by atoms with Gasteiger partial charge in [-0.15, -0.1) is 0 Å². The van der Waals surface area contributed by atoms with Crippen molar-refractivity contribution in [1.82, 2.24) is 4.90 Å². The van der Waals surface area contributed by atoms with E-state index < -0.39 is 0 Å². The minimum atomic E-state index is -0.369. The second kappa shape index (κ2) is 8.33. The van der Waals surface area contributed by atoms with E-state index >= 15 is 0 Å². The van der Waals surface area contributed by atoms with Gasteiger partial charge in [-0.3, -0.25) is 9.59 Å². The molecule has 27 heavy (non-hydrogen) atoms. The molecule has 0 saturated carbocycles. The molecule has 1 heterocycles. The topological polar surface area (TPSA) is 49.4 Å². The Morgan fingerprint density at radius 3 is 2.59 bits per heavy atom. The van der Waals surface area contributed by atoms with Gasteiger partial charge in [0, 0.05) is 24.3 Å². The van der Waals surface area contributed by atoms with Crippen molar-refractivity contribution >= 4 is 17.5 Å². The number of nitrogens with one attached hydrogen (secondary N) is 1. The van der Waals surface area contributed by atoms with Gasteiger partial charge in [0.25, 0.3) is 5.91 Å². The minimum Gasteiger partial charge on any atom is -0.338 e. The monoisotopic (exact) mass is 368 g/mol. The molecule has 2 aromatic carbocycles. The number of piperidine rings is 1. The number of rotatable bonds is 4. The fourth-order valence-corrected chi connectivity index (χ4v) is 3.37. The molecule has 1 saturated heterocycles. The molecule has 0 bridgehead atoms. The summed E-state index contributed by atoms with van der Waals surface area (Å²) in [7, 11) is 0. The maximum Gasteiger partial charge on any atom is 0.253 e. The third-order valence-corrected chi connectivity index (χ3v) is 4.99. The number of amides is 2. The van der Waals surface area contributed by atoms with Gasteiger partial charge in [-0.25, -0.2) is 4.39 Å². The Balaban J connectivity index is 1.65. The van der Waals surface area contributed by atoms with Crippen LogP contribution in [0.15, 0.2) is 48.5 Å². The highest BCUT2D eigenvalue weighted by Gasteiger charge is 2.29. The fraction of sp³-hybridized carbons (Fsp3) is 0.364. The summed E-state index contributed by atoms with van der Waals surface area (Å²) in [6, 6.07) is 13.4. The van der Waals surface area contributed by atoms with Gasteiger partial charge in [-0.1, -0.05) is 26.0 Å². The summed E-state index contributed by atoms with van der Waals surface area (Å²) in [5.74, 6) is -0.445. The molecule has 1 N–H and O–H groups in total. The lowest BCUT2D eigenvalue weighted by Crippen LogP contribution is -2.43. The molecular weight excluding hydrogens is 343 g/mol. The van der Waals surface area contributed by atoms with Crippen molar-refractivity contribution in [3.05, 3.63) is 65.5 Å². The zero-order valence-electron chi connectivity index (χ0n) is 15.7. The molecule has 0 spiro atoms. The Bertz CT molecular complexity index is 817. The normalized spacial score (nSPS) is 17.0. The lowest BCUT2D eigenvalue weighted by molar-refractivity contribution is -0.121. The van der Waals surface area contributed by atoms with Crippen LogP contribution in [-0.2, 0) is 4.79 Å². The smallest absolute Gasteiger partial charge is 0.253 e. The van der Waals surface area contributed by atoms with E-state index in [-0.39, 0.29) is 23.5 Å². The number of hydrogen-bond acceptors (Lipinski definition) is 2. The van der Waals surface area contributed by atoms with E-state index in [1.807, 2.05) is 24.3 Å². The predicted octanol–water partition coefficient (Wildman–Crippen LogP) is 4.44. The SMILES string of the molecule is CC(C)c1cccc(NC(=O)C2CCCN(C(=O)c3ccc(F)cc3)C2)c1. The highest BCUT2D eigenvalue weighted by molar-refractivity contribution is 5.96. The van der Waals surface area contributed by atoms with Gasteiger partial charge < -0.3 is 10.2 Å². The van der Waals surface area contributed by atoms with Crippen molar-refractivity contribution in [2.75, 3.05) is 18.4 Å². The molecule has 2 amide bonds. The molecular formula is C22H25FN2O2. The van der Waals surface area contributed by atoms with Gasteiger partial charge in [-0.05, 0) is 60.7 Å². The Labute approximate surface area is 159 Å². The molecule has 4 nitrogen and oxygen atoms in total. The van der Waals surface area contributed by atoms with E-state index in [4.69, 9.17) is 0 Å². The lowest BCUT2D eigenvalue weighted by Gasteiger charge is -2.32. The van der Waals surface area contributed by atoms with Gasteiger partial charge in [-0.2, -0.15) is 0 Å². The van der Waals surface area contributed by atoms with Gasteiger partial charge >= 0.3 is 0 Å². The average molecular weight is 368 g/mol. The summed E-state index contributed by atoms with van der Waals surface area (Å²) in [5.41, 5.74) is 2.40. The Hall–Kier alpha value is -2.69. The first-order valence-corrected chi connectivity index (χ1v) is 9.39. The summed E-state index contributed by atoms with van der Waals surface area (Å²) in [6.45, 7) is 5.22. The third kappa shape index (κ3) is 4.73. The molecule has 1 aliphatic heterocycles. The van der Waals surface area contributed by atoms with Crippen LogP contribution in [0.4, 0.5) is 10.1 Å². The summed E-state index contributed by atoms with van der Waals surface area (Å²) in [5, 5.41) is 2.99. The summed E-state index contributed by atoms with van der Waals surface area (Å²) < 4.78 is 13.1. The van der Waals surface area contributed by atoms with Crippen LogP contribution in [0.1, 0.15) is 48.5 Å². The molecule has 5 heteroatoms. The second-order valence-electron chi connectivity index (χ2n) is 7.37. The van der Waals surface area contributed by atoms with Crippen LogP contribution < -0.4 is 5.32 Å². The van der Waals surface area contributed by atoms with Crippen molar-refractivity contribution in [3.63, 3.8) is 0 Å². The largest absolute Gasteiger partial charge is 0.338 e. The zero-order chi connectivity index (χ0) is 19.4. The summed E-state index contributed by atoms with van der Waals surface area (Å²) in [4.78, 5) is 27.0. The van der Waals surface area contributed by atoms with Crippen molar-refractivity contribution in [1.29, 1.82) is 0 Å². The average Bonchev–Trinajstić information content (AvgIpc) is 2.68. The van der Waals surface area contributed by atoms with Crippen LogP contribution in [0.3, 0.4) is 0 Å². The predicted molar refractivity (Wildman–Crippen MR) is 104 cm³/mol. The van der Waals surface area contributed by atoms with Crippen molar-refractivity contribution in [2.45, 2.75) is 32.6 Å². The summed E-state index contributed by atoms with van der Waals surface area (Å²) >= 11 is 0. The number of likely N-dealkylation sites (tertiary alicyclic amines) is 1. The minimum absolute atomic E-state index is 0.0625. The molecule has 3 rings (SSSR count). The molecule has 142 valence electrons. The number of carbonyl (C=O) groups is 2. The van der Waals surface area contributed by atoms with E-state index in [1.54, 1.807) is 4.90 Å². The van der Waals surface area contributed by atoms with E-state index in [0.29, 0.717) is 24.6 Å². The number of benzene rings is 2. The number of nitrogens with zero attached hydrogens (tertiary/aromatic N) is 1. The van der Waals surface area contributed by atoms with Crippen LogP contribution in [-0.4, -0.2) is 29.8 Å². The standard InChI is InChI=1S/C22H25FN2O2/c1-15(2)17-5-3-7-20(13-17)24-21(26)18-6-4-12-25(14-18)22(27)16-8-10-19(23)11-9-16/h3,5,7-11,13,15,18H,4,6,12,14H2,1-2H3,(H,24,26). The molecule has 1 aliphatic rings. The van der Waals surface area contributed by atoms with Gasteiger partial charge in [0.1, 0.15) is 5.82 Å². The summed E-state index contributed by atoms with van der Waals surface area (Å²) in [6.07, 6.45) is 1.53. The quantitative estimate of drug-likeness (QED) is 0.867. The van der Waals surface area contributed by atoms with Crippen LogP contribution in [0.25, 0.3) is 0 Å². The first kappa shape index (κ1) is 19.1. The van der Waals surface area contributed by atoms with Crippen LogP contribution in [0, 0.1) is 11.7 Å². The lowest BCUT2D eigenvalue weighted by atomic mass is 9.96. The van der Waals surface area contributed by atoms with Crippen LogP contribution in [0.2, 0.25) is 0 Å². The Morgan fingerprint density at radius 2 is 1.89 bits per heavy atom. The molecule has 0 aliphatic carbocycles. The van der Waals surface area contributed by atoms with E-state index in [9.17, 15) is 14.0 Å². The third-order valence-electron chi connectivity index (χ3n) is 4.99. The Morgan fingerprint density at radius 1 is 1.15 bits per heavy atom. The number of halogens is 1. The maximum absolute atomic E-state index is 13.1. The molecule has 2 aromatic rings. The number of hydrogen-bond donors (Lipinski definition) is 1. The van der Waals surface area contributed by atoms with E-state index in [1.165, 1.54) is 29.8 Å². The highest BCUT2D eigenvalue weighted by Crippen LogP contribution is 2.22. The first-order valence-electron chi connectivity index (χ1n) is 9.39. The molecule has 0 radical (unpaired) electrons. The zero-order valence-corrected chi connectivity index (χ0v) is 15.7. The van der Waals surface area contributed by atoms with Gasteiger partial charge in [0.2, 0.25) is 5.91 Å². The van der Waals surface area contributed by atoms with E-state index in [0.717, 1.165) is 18.5 Å². The van der Waals surface area contributed by atoms with E-state index in [2.05, 4.69) is 19.2 Å². The van der Waals surface area contributed by atoms with Gasteiger partial charge in [0.15, 0.2) is 0 Å². The van der Waals surface area contributed by atoms with Crippen molar-refractivity contribution in [3.8, 4) is 0 Å². The van der Waals surface area contributed by atoms with Crippen LogP contribution in [0.5, 0.6) is 0 Å². The van der Waals surface area contributed by atoms with Crippen molar-refractivity contribution < 1.29 is 14.0 Å². The maximum atomic E-state index is 13.1. The Kier molecular flexibility index (Phi) is 5.89. The van der Waals surface area contributed by atoms with Gasteiger partial charge in [0.05, 0.1) is 5.92 Å². The molecule has 1 atom stereocenters.